The Balaban J connectivity index is 1.61. The molecule has 1 atom stereocenters. The van der Waals surface area contributed by atoms with Crippen molar-refractivity contribution in [1.29, 1.82) is 0 Å². The van der Waals surface area contributed by atoms with Crippen LogP contribution in [-0.4, -0.2) is 52.9 Å². The molecule has 2 N–H and O–H groups in total. The molecule has 2 aliphatic rings. The maximum Gasteiger partial charge on any atom is 0.228 e. The second kappa shape index (κ2) is 6.45. The number of rotatable bonds is 4. The first-order chi connectivity index (χ1) is 13.3. The van der Waals surface area contributed by atoms with Crippen LogP contribution in [0.15, 0.2) is 41.2 Å². The SMILES string of the molecule is COc1ccc(-c2nc(N3CC4=CNCC4C3)nc3nc[nH]c23)cc1SC. The second-order valence-electron chi connectivity index (χ2n) is 6.75. The van der Waals surface area contributed by atoms with Gasteiger partial charge in [0.1, 0.15) is 17.0 Å². The summed E-state index contributed by atoms with van der Waals surface area (Å²) in [6.45, 7) is 2.80. The zero-order valence-corrected chi connectivity index (χ0v) is 16.0. The summed E-state index contributed by atoms with van der Waals surface area (Å²) in [4.78, 5) is 20.5. The van der Waals surface area contributed by atoms with Crippen LogP contribution in [-0.2, 0) is 0 Å². The summed E-state index contributed by atoms with van der Waals surface area (Å²) in [5, 5.41) is 3.32. The van der Waals surface area contributed by atoms with E-state index in [0.29, 0.717) is 11.6 Å². The third-order valence-electron chi connectivity index (χ3n) is 5.20. The van der Waals surface area contributed by atoms with Gasteiger partial charge in [-0.1, -0.05) is 0 Å². The van der Waals surface area contributed by atoms with Crippen molar-refractivity contribution in [3.05, 3.63) is 36.3 Å². The van der Waals surface area contributed by atoms with Crippen LogP contribution in [0, 0.1) is 5.92 Å². The maximum absolute atomic E-state index is 5.45. The standard InChI is InChI=1S/C19H20N6OS/c1-26-14-4-3-11(5-15(14)27-2)16-17-18(22-10-21-17)24-19(23-16)25-8-12-6-20-7-13(12)9-25/h3-6,10,13,20H,7-9H2,1-2H3,(H,21,22,23,24). The minimum Gasteiger partial charge on any atom is -0.496 e. The Hall–Kier alpha value is -2.74. The molecular formula is C19H20N6OS. The number of methoxy groups -OCH3 is 1. The molecule has 0 aliphatic carbocycles. The van der Waals surface area contributed by atoms with E-state index in [9.17, 15) is 0 Å². The highest BCUT2D eigenvalue weighted by Crippen LogP contribution is 2.35. The first kappa shape index (κ1) is 16.4. The lowest BCUT2D eigenvalue weighted by molar-refractivity contribution is 0.405. The lowest BCUT2D eigenvalue weighted by Gasteiger charge is -2.17. The zero-order chi connectivity index (χ0) is 18.4. The summed E-state index contributed by atoms with van der Waals surface area (Å²) in [7, 11) is 1.69. The third-order valence-corrected chi connectivity index (χ3v) is 5.96. The summed E-state index contributed by atoms with van der Waals surface area (Å²) in [6.07, 6.45) is 5.85. The molecule has 2 aromatic heterocycles. The van der Waals surface area contributed by atoms with Crippen molar-refractivity contribution in [2.45, 2.75) is 4.90 Å². The van der Waals surface area contributed by atoms with E-state index in [-0.39, 0.29) is 0 Å². The van der Waals surface area contributed by atoms with Gasteiger partial charge in [0.15, 0.2) is 5.65 Å². The van der Waals surface area contributed by atoms with Gasteiger partial charge in [0.2, 0.25) is 5.95 Å². The fourth-order valence-corrected chi connectivity index (χ4v) is 4.39. The van der Waals surface area contributed by atoms with E-state index in [2.05, 4.69) is 32.5 Å². The monoisotopic (exact) mass is 380 g/mol. The highest BCUT2D eigenvalue weighted by atomic mass is 32.2. The Morgan fingerprint density at radius 2 is 2.22 bits per heavy atom. The largest absolute Gasteiger partial charge is 0.496 e. The molecule has 0 spiro atoms. The van der Waals surface area contributed by atoms with Crippen molar-refractivity contribution < 1.29 is 4.74 Å². The van der Waals surface area contributed by atoms with Crippen LogP contribution in [0.5, 0.6) is 5.75 Å². The number of aromatic amines is 1. The van der Waals surface area contributed by atoms with Crippen LogP contribution >= 0.6 is 11.8 Å². The van der Waals surface area contributed by atoms with Crippen LogP contribution in [0.3, 0.4) is 0 Å². The molecule has 1 unspecified atom stereocenters. The van der Waals surface area contributed by atoms with Gasteiger partial charge in [-0.05, 0) is 36.2 Å². The highest BCUT2D eigenvalue weighted by Gasteiger charge is 2.32. The molecule has 1 aromatic carbocycles. The summed E-state index contributed by atoms with van der Waals surface area (Å²) < 4.78 is 5.45. The number of anilines is 1. The minimum absolute atomic E-state index is 0.552. The van der Waals surface area contributed by atoms with Gasteiger partial charge in [-0.2, -0.15) is 4.98 Å². The van der Waals surface area contributed by atoms with Gasteiger partial charge < -0.3 is 19.9 Å². The van der Waals surface area contributed by atoms with E-state index in [4.69, 9.17) is 14.7 Å². The fourth-order valence-electron chi connectivity index (χ4n) is 3.80. The molecule has 8 heteroatoms. The van der Waals surface area contributed by atoms with Crippen molar-refractivity contribution in [3.63, 3.8) is 0 Å². The van der Waals surface area contributed by atoms with Gasteiger partial charge in [-0.3, -0.25) is 0 Å². The van der Waals surface area contributed by atoms with E-state index in [1.54, 1.807) is 25.2 Å². The Labute approximate surface area is 161 Å². The van der Waals surface area contributed by atoms with E-state index in [1.807, 2.05) is 18.4 Å². The number of ether oxygens (including phenoxy) is 1. The molecule has 27 heavy (non-hydrogen) atoms. The highest BCUT2D eigenvalue weighted by molar-refractivity contribution is 7.98. The number of hydrogen-bond acceptors (Lipinski definition) is 7. The number of aromatic nitrogens is 4. The molecule has 1 fully saturated rings. The first-order valence-corrected chi connectivity index (χ1v) is 10.1. The van der Waals surface area contributed by atoms with Crippen molar-refractivity contribution in [1.82, 2.24) is 25.3 Å². The Kier molecular flexibility index (Phi) is 3.93. The van der Waals surface area contributed by atoms with Gasteiger partial charge in [-0.15, -0.1) is 11.8 Å². The van der Waals surface area contributed by atoms with Gasteiger partial charge in [-0.25, -0.2) is 9.97 Å². The number of nitrogens with one attached hydrogen (secondary N) is 2. The smallest absolute Gasteiger partial charge is 0.228 e. The van der Waals surface area contributed by atoms with Crippen LogP contribution in [0.2, 0.25) is 0 Å². The van der Waals surface area contributed by atoms with Crippen molar-refractivity contribution in [3.8, 4) is 17.0 Å². The van der Waals surface area contributed by atoms with Crippen molar-refractivity contribution >= 4 is 28.9 Å². The Morgan fingerprint density at radius 1 is 1.30 bits per heavy atom. The number of hydrogen-bond donors (Lipinski definition) is 2. The van der Waals surface area contributed by atoms with E-state index in [0.717, 1.165) is 53.0 Å². The summed E-state index contributed by atoms with van der Waals surface area (Å²) in [5.74, 6) is 2.16. The first-order valence-electron chi connectivity index (χ1n) is 8.87. The lowest BCUT2D eigenvalue weighted by Crippen LogP contribution is -2.25. The Morgan fingerprint density at radius 3 is 3.04 bits per heavy atom. The number of benzene rings is 1. The topological polar surface area (TPSA) is 79.0 Å². The van der Waals surface area contributed by atoms with E-state index < -0.39 is 0 Å². The number of thioether (sulfide) groups is 1. The molecule has 7 nitrogen and oxygen atoms in total. The van der Waals surface area contributed by atoms with Crippen molar-refractivity contribution in [2.24, 2.45) is 5.92 Å². The van der Waals surface area contributed by atoms with Crippen LogP contribution in [0.25, 0.3) is 22.4 Å². The van der Waals surface area contributed by atoms with Gasteiger partial charge >= 0.3 is 0 Å². The molecule has 0 radical (unpaired) electrons. The normalized spacial score (nSPS) is 18.5. The average molecular weight is 380 g/mol. The number of H-pyrrole nitrogens is 1. The van der Waals surface area contributed by atoms with Crippen LogP contribution in [0.1, 0.15) is 0 Å². The minimum atomic E-state index is 0.552. The van der Waals surface area contributed by atoms with Crippen molar-refractivity contribution in [2.75, 3.05) is 37.9 Å². The summed E-state index contributed by atoms with van der Waals surface area (Å²) >= 11 is 1.66. The quantitative estimate of drug-likeness (QED) is 0.674. The fraction of sp³-hybridized carbons (Fsp3) is 0.316. The molecule has 5 rings (SSSR count). The number of imidazole rings is 1. The molecule has 2 aliphatic heterocycles. The number of nitrogens with zero attached hydrogens (tertiary/aromatic N) is 4. The van der Waals surface area contributed by atoms with Crippen LogP contribution < -0.4 is 15.0 Å². The molecule has 0 amide bonds. The lowest BCUT2D eigenvalue weighted by atomic mass is 10.1. The van der Waals surface area contributed by atoms with E-state index in [1.165, 1.54) is 5.57 Å². The summed E-state index contributed by atoms with van der Waals surface area (Å²) in [5.41, 5.74) is 4.88. The zero-order valence-electron chi connectivity index (χ0n) is 15.2. The van der Waals surface area contributed by atoms with Crippen LogP contribution in [0.4, 0.5) is 5.95 Å². The molecule has 4 heterocycles. The Bertz CT molecular complexity index is 1050. The van der Waals surface area contributed by atoms with Gasteiger partial charge in [0.05, 0.1) is 13.4 Å². The molecule has 138 valence electrons. The third kappa shape index (κ3) is 2.71. The predicted octanol–water partition coefficient (Wildman–Crippen LogP) is 2.67. The number of fused-ring (bicyclic) bond motifs is 2. The second-order valence-corrected chi connectivity index (χ2v) is 7.60. The molecular weight excluding hydrogens is 360 g/mol. The molecule has 3 aromatic rings. The van der Waals surface area contributed by atoms with Gasteiger partial charge in [0.25, 0.3) is 0 Å². The maximum atomic E-state index is 5.45. The molecule has 0 saturated carbocycles. The summed E-state index contributed by atoms with van der Waals surface area (Å²) in [6, 6.07) is 6.14. The average Bonchev–Trinajstić information content (AvgIpc) is 3.41. The van der Waals surface area contributed by atoms with E-state index >= 15 is 0 Å². The predicted molar refractivity (Wildman–Crippen MR) is 107 cm³/mol. The molecule has 1 saturated heterocycles. The van der Waals surface area contributed by atoms with Gasteiger partial charge in [0, 0.05) is 36.0 Å². The molecule has 0 bridgehead atoms.